The van der Waals surface area contributed by atoms with Crippen LogP contribution in [0.4, 0.5) is 5.82 Å². The number of hydrogen-bond acceptors (Lipinski definition) is 7. The Labute approximate surface area is 144 Å². The number of nitrogens with zero attached hydrogens (tertiary/aromatic N) is 4. The Balaban J connectivity index is 1.41. The lowest BCUT2D eigenvalue weighted by molar-refractivity contribution is 0.198. The number of β-amino-alcohol motifs (C(OH)–C–C–N with tert-alkyl or cyclic N) is 1. The standard InChI is InChI=1S/C18H18N4O3/c23-14-8-9-22(11-14)17-7-6-13(10-19-17)18-20-16(21-25-18)12-24-15-4-2-1-3-5-15/h1-7,10,14,23H,8-9,11-12H2/t14-/m0/s1. The summed E-state index contributed by atoms with van der Waals surface area (Å²) >= 11 is 0. The number of aliphatic hydroxyl groups excluding tert-OH is 1. The molecule has 128 valence electrons. The number of para-hydroxylation sites is 1. The monoisotopic (exact) mass is 338 g/mol. The highest BCUT2D eigenvalue weighted by molar-refractivity contribution is 5.55. The third-order valence-electron chi connectivity index (χ3n) is 4.06. The van der Waals surface area contributed by atoms with E-state index in [-0.39, 0.29) is 12.7 Å². The van der Waals surface area contributed by atoms with Crippen molar-refractivity contribution in [3.05, 3.63) is 54.5 Å². The van der Waals surface area contributed by atoms with Crippen LogP contribution in [0.1, 0.15) is 12.2 Å². The maximum Gasteiger partial charge on any atom is 0.259 e. The van der Waals surface area contributed by atoms with Gasteiger partial charge in [-0.25, -0.2) is 4.98 Å². The first-order valence-corrected chi connectivity index (χ1v) is 8.18. The number of pyridine rings is 1. The van der Waals surface area contributed by atoms with Crippen LogP contribution in [0.5, 0.6) is 5.75 Å². The van der Waals surface area contributed by atoms with Gasteiger partial charge in [0.2, 0.25) is 5.82 Å². The van der Waals surface area contributed by atoms with Crippen LogP contribution >= 0.6 is 0 Å². The highest BCUT2D eigenvalue weighted by Gasteiger charge is 2.21. The predicted molar refractivity (Wildman–Crippen MR) is 91.1 cm³/mol. The molecule has 1 aliphatic heterocycles. The first kappa shape index (κ1) is 15.6. The van der Waals surface area contributed by atoms with Gasteiger partial charge >= 0.3 is 0 Å². The van der Waals surface area contributed by atoms with Crippen molar-refractivity contribution in [1.82, 2.24) is 15.1 Å². The topological polar surface area (TPSA) is 84.5 Å². The maximum atomic E-state index is 9.61. The number of benzene rings is 1. The summed E-state index contributed by atoms with van der Waals surface area (Å²) in [5.74, 6) is 2.48. The zero-order valence-electron chi connectivity index (χ0n) is 13.6. The molecular weight excluding hydrogens is 320 g/mol. The maximum absolute atomic E-state index is 9.61. The first-order chi connectivity index (χ1) is 12.3. The van der Waals surface area contributed by atoms with Crippen LogP contribution in [0.25, 0.3) is 11.5 Å². The minimum Gasteiger partial charge on any atom is -0.485 e. The van der Waals surface area contributed by atoms with Crippen molar-refractivity contribution < 1.29 is 14.4 Å². The number of rotatable bonds is 5. The van der Waals surface area contributed by atoms with Gasteiger partial charge in [0.15, 0.2) is 6.61 Å². The van der Waals surface area contributed by atoms with E-state index >= 15 is 0 Å². The highest BCUT2D eigenvalue weighted by Crippen LogP contribution is 2.22. The normalized spacial score (nSPS) is 17.0. The summed E-state index contributed by atoms with van der Waals surface area (Å²) in [6, 6.07) is 13.3. The summed E-state index contributed by atoms with van der Waals surface area (Å²) in [7, 11) is 0. The van der Waals surface area contributed by atoms with Gasteiger partial charge in [0.25, 0.3) is 5.89 Å². The van der Waals surface area contributed by atoms with Gasteiger partial charge in [-0.1, -0.05) is 23.4 Å². The van der Waals surface area contributed by atoms with Gasteiger partial charge in [-0.05, 0) is 30.7 Å². The van der Waals surface area contributed by atoms with Crippen molar-refractivity contribution in [2.45, 2.75) is 19.1 Å². The number of hydrogen-bond donors (Lipinski definition) is 1. The molecule has 1 aliphatic rings. The average molecular weight is 338 g/mol. The number of anilines is 1. The molecule has 0 unspecified atom stereocenters. The Kier molecular flexibility index (Phi) is 4.30. The summed E-state index contributed by atoms with van der Waals surface area (Å²) in [5, 5.41) is 13.5. The smallest absolute Gasteiger partial charge is 0.259 e. The van der Waals surface area contributed by atoms with Crippen molar-refractivity contribution in [2.24, 2.45) is 0 Å². The van der Waals surface area contributed by atoms with E-state index in [1.807, 2.05) is 42.5 Å². The summed E-state index contributed by atoms with van der Waals surface area (Å²) in [6.45, 7) is 1.67. The molecule has 1 atom stereocenters. The summed E-state index contributed by atoms with van der Waals surface area (Å²) < 4.78 is 10.9. The minimum atomic E-state index is -0.274. The zero-order chi connectivity index (χ0) is 17.1. The molecule has 4 rings (SSSR count). The van der Waals surface area contributed by atoms with Crippen molar-refractivity contribution in [1.29, 1.82) is 0 Å². The molecule has 0 radical (unpaired) electrons. The van der Waals surface area contributed by atoms with E-state index in [9.17, 15) is 5.11 Å². The van der Waals surface area contributed by atoms with Crippen molar-refractivity contribution in [2.75, 3.05) is 18.0 Å². The Bertz CT molecular complexity index is 820. The van der Waals surface area contributed by atoms with Gasteiger partial charge in [0.05, 0.1) is 11.7 Å². The minimum absolute atomic E-state index is 0.241. The van der Waals surface area contributed by atoms with Crippen LogP contribution < -0.4 is 9.64 Å². The van der Waals surface area contributed by atoms with E-state index in [0.717, 1.165) is 30.1 Å². The molecule has 2 aromatic heterocycles. The molecule has 0 amide bonds. The summed E-state index contributed by atoms with van der Waals surface area (Å²) in [5.41, 5.74) is 0.752. The molecule has 0 aliphatic carbocycles. The molecule has 0 spiro atoms. The third kappa shape index (κ3) is 3.61. The Morgan fingerprint density at radius 1 is 1.20 bits per heavy atom. The molecule has 1 N–H and O–H groups in total. The molecular formula is C18H18N4O3. The molecule has 1 saturated heterocycles. The number of aromatic nitrogens is 3. The molecule has 25 heavy (non-hydrogen) atoms. The predicted octanol–water partition coefficient (Wildman–Crippen LogP) is 2.28. The molecule has 3 aromatic rings. The molecule has 1 fully saturated rings. The van der Waals surface area contributed by atoms with Crippen molar-refractivity contribution in [3.63, 3.8) is 0 Å². The van der Waals surface area contributed by atoms with Gasteiger partial charge in [-0.2, -0.15) is 4.98 Å². The first-order valence-electron chi connectivity index (χ1n) is 8.18. The van der Waals surface area contributed by atoms with Crippen LogP contribution in [-0.2, 0) is 6.61 Å². The van der Waals surface area contributed by atoms with Gasteiger partial charge in [-0.3, -0.25) is 0 Å². The van der Waals surface area contributed by atoms with Crippen molar-refractivity contribution >= 4 is 5.82 Å². The largest absolute Gasteiger partial charge is 0.485 e. The fourth-order valence-electron chi connectivity index (χ4n) is 2.74. The molecule has 0 saturated carbocycles. The lowest BCUT2D eigenvalue weighted by atomic mass is 10.3. The third-order valence-corrected chi connectivity index (χ3v) is 4.06. The SMILES string of the molecule is O[C@H]1CCN(c2ccc(-c3nc(COc4ccccc4)no3)cn2)C1. The quantitative estimate of drug-likeness (QED) is 0.764. The van der Waals surface area contributed by atoms with Crippen molar-refractivity contribution in [3.8, 4) is 17.2 Å². The molecule has 3 heterocycles. The van der Waals surface area contributed by atoms with Crippen LogP contribution in [0.3, 0.4) is 0 Å². The molecule has 7 heteroatoms. The van der Waals surface area contributed by atoms with Gasteiger partial charge in [0, 0.05) is 19.3 Å². The van der Waals surface area contributed by atoms with Gasteiger partial charge in [0.1, 0.15) is 11.6 Å². The lowest BCUT2D eigenvalue weighted by Crippen LogP contribution is -2.21. The number of ether oxygens (including phenoxy) is 1. The Hall–Kier alpha value is -2.93. The average Bonchev–Trinajstić information content (AvgIpc) is 3.30. The summed E-state index contributed by atoms with van der Waals surface area (Å²) in [4.78, 5) is 10.8. The van der Waals surface area contributed by atoms with Crippen LogP contribution in [0, 0.1) is 0 Å². The van der Waals surface area contributed by atoms with E-state index in [2.05, 4.69) is 20.0 Å². The van der Waals surface area contributed by atoms with E-state index in [0.29, 0.717) is 18.3 Å². The molecule has 1 aromatic carbocycles. The van der Waals surface area contributed by atoms with Gasteiger partial charge < -0.3 is 19.3 Å². The zero-order valence-corrected chi connectivity index (χ0v) is 13.6. The van der Waals surface area contributed by atoms with Crippen LogP contribution in [-0.4, -0.2) is 39.4 Å². The summed E-state index contributed by atoms with van der Waals surface area (Å²) in [6.07, 6.45) is 2.21. The fraction of sp³-hybridized carbons (Fsp3) is 0.278. The van der Waals surface area contributed by atoms with Crippen LogP contribution in [0.2, 0.25) is 0 Å². The van der Waals surface area contributed by atoms with E-state index in [1.165, 1.54) is 0 Å². The van der Waals surface area contributed by atoms with E-state index < -0.39 is 0 Å². The fourth-order valence-corrected chi connectivity index (χ4v) is 2.74. The van der Waals surface area contributed by atoms with E-state index in [1.54, 1.807) is 6.20 Å². The lowest BCUT2D eigenvalue weighted by Gasteiger charge is -2.16. The highest BCUT2D eigenvalue weighted by atomic mass is 16.5. The van der Waals surface area contributed by atoms with E-state index in [4.69, 9.17) is 9.26 Å². The second kappa shape index (κ2) is 6.90. The second-order valence-electron chi connectivity index (χ2n) is 5.91. The Morgan fingerprint density at radius 2 is 2.08 bits per heavy atom. The molecule has 7 nitrogen and oxygen atoms in total. The second-order valence-corrected chi connectivity index (χ2v) is 5.91. The number of aliphatic hydroxyl groups is 1. The van der Waals surface area contributed by atoms with Crippen LogP contribution in [0.15, 0.2) is 53.2 Å². The Morgan fingerprint density at radius 3 is 2.80 bits per heavy atom. The van der Waals surface area contributed by atoms with Gasteiger partial charge in [-0.15, -0.1) is 0 Å². The molecule has 0 bridgehead atoms.